The molecule has 0 aliphatic carbocycles. The number of rotatable bonds is 11. The smallest absolute Gasteiger partial charge is 0.240 e. The summed E-state index contributed by atoms with van der Waals surface area (Å²) >= 11 is 24.3. The van der Waals surface area contributed by atoms with Gasteiger partial charge in [0.1, 0.15) is 0 Å². The van der Waals surface area contributed by atoms with Crippen LogP contribution in [0.1, 0.15) is 63.5 Å². The van der Waals surface area contributed by atoms with Gasteiger partial charge in [0.05, 0.1) is 21.5 Å². The van der Waals surface area contributed by atoms with Crippen LogP contribution in [0.25, 0.3) is 0 Å². The van der Waals surface area contributed by atoms with Gasteiger partial charge in [-0.25, -0.2) is 10.9 Å². The molecule has 2 N–H and O–H groups in total. The largest absolute Gasteiger partial charge is 0.273 e. The van der Waals surface area contributed by atoms with Gasteiger partial charge in [0.2, 0.25) is 11.8 Å². The highest BCUT2D eigenvalue weighted by Gasteiger charge is 2.10. The molecule has 0 aliphatic rings. The van der Waals surface area contributed by atoms with Crippen LogP contribution in [0, 0.1) is 0 Å². The van der Waals surface area contributed by atoms with Crippen LogP contribution in [0.3, 0.4) is 0 Å². The lowest BCUT2D eigenvalue weighted by Gasteiger charge is -2.08. The van der Waals surface area contributed by atoms with E-state index in [9.17, 15) is 9.59 Å². The summed E-state index contributed by atoms with van der Waals surface area (Å²) in [6, 6.07) is 10.2. The molecule has 0 bridgehead atoms. The SMILES string of the molecule is CCC(=NNC(=O)CCCCC(=O)NN=C(CC)c1ccc(Cl)cc1Cl)c1ccc(Cl)cc1Cl. The van der Waals surface area contributed by atoms with Crippen LogP contribution in [0.4, 0.5) is 0 Å². The third-order valence-corrected chi connectivity index (χ3v) is 5.94. The van der Waals surface area contributed by atoms with Crippen molar-refractivity contribution in [1.29, 1.82) is 0 Å². The van der Waals surface area contributed by atoms with Crippen molar-refractivity contribution in [2.75, 3.05) is 0 Å². The average Bonchev–Trinajstić information content (AvgIpc) is 2.79. The Morgan fingerprint density at radius 3 is 1.41 bits per heavy atom. The van der Waals surface area contributed by atoms with E-state index in [-0.39, 0.29) is 24.7 Å². The van der Waals surface area contributed by atoms with Crippen LogP contribution in [0.15, 0.2) is 46.6 Å². The van der Waals surface area contributed by atoms with E-state index in [4.69, 9.17) is 46.4 Å². The van der Waals surface area contributed by atoms with Crippen LogP contribution < -0.4 is 10.9 Å². The molecule has 0 aliphatic heterocycles. The highest BCUT2D eigenvalue weighted by molar-refractivity contribution is 6.37. The molecule has 0 radical (unpaired) electrons. The molecule has 0 aromatic heterocycles. The van der Waals surface area contributed by atoms with Gasteiger partial charge in [-0.1, -0.05) is 72.4 Å². The molecule has 0 unspecified atom stereocenters. The molecule has 0 spiro atoms. The number of nitrogens with one attached hydrogen (secondary N) is 2. The number of hydrazone groups is 2. The van der Waals surface area contributed by atoms with Gasteiger partial charge >= 0.3 is 0 Å². The molecule has 0 saturated carbocycles. The van der Waals surface area contributed by atoms with Gasteiger partial charge in [0, 0.05) is 34.0 Å². The Hall–Kier alpha value is -2.12. The second-order valence-corrected chi connectivity index (χ2v) is 9.04. The molecule has 6 nitrogen and oxygen atoms in total. The van der Waals surface area contributed by atoms with Crippen molar-refractivity contribution in [2.45, 2.75) is 52.4 Å². The topological polar surface area (TPSA) is 82.9 Å². The van der Waals surface area contributed by atoms with E-state index in [1.807, 2.05) is 13.8 Å². The minimum Gasteiger partial charge on any atom is -0.273 e. The van der Waals surface area contributed by atoms with E-state index >= 15 is 0 Å². The summed E-state index contributed by atoms with van der Waals surface area (Å²) in [4.78, 5) is 24.3. The Morgan fingerprint density at radius 2 is 1.09 bits per heavy atom. The van der Waals surface area contributed by atoms with E-state index in [0.29, 0.717) is 57.2 Å². The summed E-state index contributed by atoms with van der Waals surface area (Å²) < 4.78 is 0. The van der Waals surface area contributed by atoms with Crippen LogP contribution in [0.2, 0.25) is 20.1 Å². The van der Waals surface area contributed by atoms with Crippen molar-refractivity contribution in [3.05, 3.63) is 67.6 Å². The Morgan fingerprint density at radius 1 is 0.706 bits per heavy atom. The van der Waals surface area contributed by atoms with E-state index in [0.717, 1.165) is 11.1 Å². The molecule has 0 heterocycles. The molecule has 34 heavy (non-hydrogen) atoms. The lowest BCUT2D eigenvalue weighted by atomic mass is 10.1. The van der Waals surface area contributed by atoms with Crippen molar-refractivity contribution >= 4 is 69.6 Å². The number of amides is 2. The average molecular weight is 544 g/mol. The fraction of sp³-hybridized carbons (Fsp3) is 0.333. The molecule has 2 amide bonds. The van der Waals surface area contributed by atoms with Gasteiger partial charge in [-0.15, -0.1) is 0 Å². The van der Waals surface area contributed by atoms with Gasteiger partial charge in [-0.05, 0) is 49.9 Å². The number of hydrogen-bond acceptors (Lipinski definition) is 4. The molecule has 2 aromatic carbocycles. The number of carbonyl (C=O) groups excluding carboxylic acids is 2. The maximum atomic E-state index is 12.1. The van der Waals surface area contributed by atoms with Gasteiger partial charge in [-0.3, -0.25) is 9.59 Å². The predicted octanol–water partition coefficient (Wildman–Crippen LogP) is 7.02. The van der Waals surface area contributed by atoms with Gasteiger partial charge in [-0.2, -0.15) is 10.2 Å². The number of nitrogens with zero attached hydrogens (tertiary/aromatic N) is 2. The minimum absolute atomic E-state index is 0.236. The Bertz CT molecular complexity index is 1000. The number of unbranched alkanes of at least 4 members (excludes halogenated alkanes) is 1. The maximum absolute atomic E-state index is 12.1. The number of carbonyl (C=O) groups is 2. The zero-order chi connectivity index (χ0) is 25.1. The summed E-state index contributed by atoms with van der Waals surface area (Å²) in [5, 5.41) is 10.4. The predicted molar refractivity (Wildman–Crippen MR) is 141 cm³/mol. The first-order valence-electron chi connectivity index (χ1n) is 10.9. The van der Waals surface area contributed by atoms with Crippen LogP contribution >= 0.6 is 46.4 Å². The zero-order valence-corrected chi connectivity index (χ0v) is 22.0. The van der Waals surface area contributed by atoms with Crippen molar-refractivity contribution in [2.24, 2.45) is 10.2 Å². The van der Waals surface area contributed by atoms with E-state index in [1.54, 1.807) is 36.4 Å². The van der Waals surface area contributed by atoms with Crippen molar-refractivity contribution < 1.29 is 9.59 Å². The molecule has 2 aromatic rings. The third-order valence-electron chi connectivity index (χ3n) is 4.84. The number of benzene rings is 2. The molecule has 2 rings (SSSR count). The second-order valence-electron chi connectivity index (χ2n) is 7.35. The van der Waals surface area contributed by atoms with Gasteiger partial charge in [0.15, 0.2) is 0 Å². The third kappa shape index (κ3) is 8.91. The maximum Gasteiger partial charge on any atom is 0.240 e. The summed E-state index contributed by atoms with van der Waals surface area (Å²) in [5.41, 5.74) is 7.85. The lowest BCUT2D eigenvalue weighted by molar-refractivity contribution is -0.123. The number of hydrogen-bond donors (Lipinski definition) is 2. The summed E-state index contributed by atoms with van der Waals surface area (Å²) in [7, 11) is 0. The first kappa shape index (κ1) is 28.1. The lowest BCUT2D eigenvalue weighted by Crippen LogP contribution is -2.21. The van der Waals surface area contributed by atoms with Crippen LogP contribution in [-0.4, -0.2) is 23.2 Å². The molecular formula is C24H26Cl4N4O2. The molecule has 0 saturated heterocycles. The first-order chi connectivity index (χ1) is 16.2. The second kappa shape index (κ2) is 14.3. The highest BCUT2D eigenvalue weighted by Crippen LogP contribution is 2.23. The Kier molecular flexibility index (Phi) is 11.8. The minimum atomic E-state index is -0.236. The zero-order valence-electron chi connectivity index (χ0n) is 18.9. The molecule has 0 fully saturated rings. The Balaban J connectivity index is 1.78. The quantitative estimate of drug-likeness (QED) is 0.181. The normalized spacial score (nSPS) is 11.9. The molecule has 182 valence electrons. The van der Waals surface area contributed by atoms with E-state index in [2.05, 4.69) is 21.1 Å². The number of halogens is 4. The van der Waals surface area contributed by atoms with Gasteiger partial charge in [0.25, 0.3) is 0 Å². The molecular weight excluding hydrogens is 518 g/mol. The van der Waals surface area contributed by atoms with Crippen molar-refractivity contribution in [3.8, 4) is 0 Å². The van der Waals surface area contributed by atoms with E-state index < -0.39 is 0 Å². The fourth-order valence-electron chi connectivity index (χ4n) is 3.05. The van der Waals surface area contributed by atoms with Crippen LogP contribution in [0.5, 0.6) is 0 Å². The molecule has 0 atom stereocenters. The van der Waals surface area contributed by atoms with Crippen LogP contribution in [-0.2, 0) is 9.59 Å². The Labute approximate surface area is 219 Å². The van der Waals surface area contributed by atoms with Crippen molar-refractivity contribution in [3.63, 3.8) is 0 Å². The summed E-state index contributed by atoms with van der Waals surface area (Å²) in [6.45, 7) is 3.84. The standard InChI is InChI=1S/C24H26Cl4N4O2/c1-3-21(17-11-9-15(25)13-19(17)27)29-31-23(33)7-5-6-8-24(34)32-30-22(4-2)18-12-10-16(26)14-20(18)28/h9-14H,3-8H2,1-2H3,(H,31,33)(H,32,34). The monoisotopic (exact) mass is 542 g/mol. The molecule has 10 heteroatoms. The summed E-state index contributed by atoms with van der Waals surface area (Å²) in [6.07, 6.45) is 2.72. The summed E-state index contributed by atoms with van der Waals surface area (Å²) in [5.74, 6) is -0.472. The van der Waals surface area contributed by atoms with Gasteiger partial charge < -0.3 is 0 Å². The van der Waals surface area contributed by atoms with Crippen molar-refractivity contribution in [1.82, 2.24) is 10.9 Å². The highest BCUT2D eigenvalue weighted by atomic mass is 35.5. The van der Waals surface area contributed by atoms with E-state index in [1.165, 1.54) is 0 Å². The fourth-order valence-corrected chi connectivity index (χ4v) is 4.08. The first-order valence-corrected chi connectivity index (χ1v) is 12.4.